The third kappa shape index (κ3) is 9.43. The topological polar surface area (TPSA) is 55.8 Å². The fourth-order valence-corrected chi connectivity index (χ4v) is 4.52. The molecule has 6 nitrogen and oxygen atoms in total. The van der Waals surface area contributed by atoms with Gasteiger partial charge in [0, 0.05) is 70.4 Å². The monoisotopic (exact) mass is 556 g/mol. The van der Waals surface area contributed by atoms with Crippen LogP contribution >= 0.6 is 35.3 Å². The van der Waals surface area contributed by atoms with Gasteiger partial charge >= 0.3 is 0 Å². The van der Waals surface area contributed by atoms with Crippen LogP contribution in [0.2, 0.25) is 0 Å². The molecule has 3 rings (SSSR count). The molecule has 2 aromatic rings. The maximum absolute atomic E-state index is 4.47. The molecule has 31 heavy (non-hydrogen) atoms. The molecule has 1 fully saturated rings. The Morgan fingerprint density at radius 2 is 1.77 bits per heavy atom. The van der Waals surface area contributed by atoms with Crippen LogP contribution in [0.4, 0.5) is 0 Å². The predicted octanol–water partition coefficient (Wildman–Crippen LogP) is 3.24. The smallest absolute Gasteiger partial charge is 0.190 e. The number of hydrogen-bond acceptors (Lipinski definition) is 5. The summed E-state index contributed by atoms with van der Waals surface area (Å²) in [5, 5.41) is 8.03. The molecule has 8 heteroatoms. The summed E-state index contributed by atoms with van der Waals surface area (Å²) in [5.41, 5.74) is 1.41. The molecule has 0 atom stereocenters. The van der Waals surface area contributed by atoms with E-state index >= 15 is 0 Å². The van der Waals surface area contributed by atoms with Gasteiger partial charge in [-0.1, -0.05) is 37.3 Å². The Bertz CT molecular complexity index is 758. The lowest BCUT2D eigenvalue weighted by Crippen LogP contribution is -2.46. The lowest BCUT2D eigenvalue weighted by molar-refractivity contribution is 0.126. The van der Waals surface area contributed by atoms with Gasteiger partial charge in [0.1, 0.15) is 0 Å². The maximum atomic E-state index is 4.47. The van der Waals surface area contributed by atoms with Crippen LogP contribution in [0.1, 0.15) is 28.8 Å². The van der Waals surface area contributed by atoms with E-state index in [0.29, 0.717) is 0 Å². The molecule has 1 aliphatic rings. The second-order valence-corrected chi connectivity index (χ2v) is 8.91. The lowest BCUT2D eigenvalue weighted by Gasteiger charge is -2.34. The quantitative estimate of drug-likeness (QED) is 0.204. The van der Waals surface area contributed by atoms with Crippen molar-refractivity contribution in [1.82, 2.24) is 25.4 Å². The summed E-state index contributed by atoms with van der Waals surface area (Å²) >= 11 is 1.81. The van der Waals surface area contributed by atoms with Gasteiger partial charge in [-0.05, 0) is 24.9 Å². The van der Waals surface area contributed by atoms with Gasteiger partial charge in [0.25, 0.3) is 0 Å². The number of guanidine groups is 1. The van der Waals surface area contributed by atoms with Crippen LogP contribution in [0, 0.1) is 0 Å². The predicted molar refractivity (Wildman–Crippen MR) is 143 cm³/mol. The highest BCUT2D eigenvalue weighted by Crippen LogP contribution is 2.13. The number of aryl methyl sites for hydroxylation is 1. The molecule has 0 amide bonds. The Morgan fingerprint density at radius 3 is 2.45 bits per heavy atom. The molecule has 0 bridgehead atoms. The largest absolute Gasteiger partial charge is 0.356 e. The SMILES string of the molecule is CCc1cnc(CCNC(=NC)NCCCN2CCN(Cc3ccccc3)CC2)s1.I. The molecule has 0 radical (unpaired) electrons. The van der Waals surface area contributed by atoms with Crippen LogP contribution in [0.25, 0.3) is 0 Å². The van der Waals surface area contributed by atoms with E-state index in [4.69, 9.17) is 0 Å². The van der Waals surface area contributed by atoms with Gasteiger partial charge in [-0.2, -0.15) is 0 Å². The molecule has 1 saturated heterocycles. The molecule has 172 valence electrons. The Hall–Kier alpha value is -1.23. The van der Waals surface area contributed by atoms with Crippen molar-refractivity contribution < 1.29 is 0 Å². The van der Waals surface area contributed by atoms with Gasteiger partial charge in [-0.3, -0.25) is 9.89 Å². The summed E-state index contributed by atoms with van der Waals surface area (Å²) in [6, 6.07) is 10.8. The second kappa shape index (κ2) is 14.8. The van der Waals surface area contributed by atoms with E-state index in [0.717, 1.165) is 77.6 Å². The number of rotatable bonds is 10. The Labute approximate surface area is 208 Å². The van der Waals surface area contributed by atoms with Crippen molar-refractivity contribution in [3.63, 3.8) is 0 Å². The summed E-state index contributed by atoms with van der Waals surface area (Å²) in [5.74, 6) is 0.884. The zero-order chi connectivity index (χ0) is 21.0. The van der Waals surface area contributed by atoms with Crippen LogP contribution in [0.3, 0.4) is 0 Å². The number of hydrogen-bond donors (Lipinski definition) is 2. The number of nitrogens with one attached hydrogen (secondary N) is 2. The lowest BCUT2D eigenvalue weighted by atomic mass is 10.2. The Balaban J connectivity index is 0.00000341. The number of halogens is 1. The highest BCUT2D eigenvalue weighted by molar-refractivity contribution is 14.0. The minimum absolute atomic E-state index is 0. The zero-order valence-corrected chi connectivity index (χ0v) is 22.0. The molecular weight excluding hydrogens is 519 g/mol. The number of thiazole rings is 1. The number of benzene rings is 1. The molecule has 0 saturated carbocycles. The van der Waals surface area contributed by atoms with Crippen molar-refractivity contribution in [3.8, 4) is 0 Å². The summed E-state index contributed by atoms with van der Waals surface area (Å²) in [4.78, 5) is 15.3. The van der Waals surface area contributed by atoms with Crippen molar-refractivity contribution in [1.29, 1.82) is 0 Å². The van der Waals surface area contributed by atoms with E-state index in [-0.39, 0.29) is 24.0 Å². The van der Waals surface area contributed by atoms with Crippen molar-refractivity contribution in [3.05, 3.63) is 52.0 Å². The van der Waals surface area contributed by atoms with Gasteiger partial charge in [0.15, 0.2) is 5.96 Å². The van der Waals surface area contributed by atoms with Crippen LogP contribution in [0.5, 0.6) is 0 Å². The first-order chi connectivity index (χ1) is 14.8. The number of nitrogens with zero attached hydrogens (tertiary/aromatic N) is 4. The van der Waals surface area contributed by atoms with Gasteiger partial charge < -0.3 is 15.5 Å². The van der Waals surface area contributed by atoms with Crippen molar-refractivity contribution in [2.24, 2.45) is 4.99 Å². The Kier molecular flexibility index (Phi) is 12.4. The van der Waals surface area contributed by atoms with Gasteiger partial charge in [0.05, 0.1) is 5.01 Å². The fourth-order valence-electron chi connectivity index (χ4n) is 3.66. The highest BCUT2D eigenvalue weighted by atomic mass is 127. The van der Waals surface area contributed by atoms with Crippen LogP contribution in [-0.2, 0) is 19.4 Å². The first kappa shape index (κ1) is 26.0. The average Bonchev–Trinajstić information content (AvgIpc) is 3.25. The molecule has 1 aromatic heterocycles. The first-order valence-electron chi connectivity index (χ1n) is 11.1. The standard InChI is InChI=1S/C23H36N6S.HI/c1-3-21-18-27-22(30-21)10-12-26-23(24-2)25-11-7-13-28-14-16-29(17-15-28)19-20-8-5-4-6-9-20;/h4-6,8-9,18H,3,7,10-17,19H2,1-2H3,(H2,24,25,26);1H. The summed E-state index contributed by atoms with van der Waals surface area (Å²) in [6.07, 6.45) is 5.13. The summed E-state index contributed by atoms with van der Waals surface area (Å²) in [7, 11) is 1.83. The van der Waals surface area contributed by atoms with E-state index in [1.807, 2.05) is 24.6 Å². The minimum Gasteiger partial charge on any atom is -0.356 e. The molecule has 2 heterocycles. The van der Waals surface area contributed by atoms with Crippen molar-refractivity contribution in [2.45, 2.75) is 32.7 Å². The maximum Gasteiger partial charge on any atom is 0.190 e. The zero-order valence-electron chi connectivity index (χ0n) is 18.8. The summed E-state index contributed by atoms with van der Waals surface area (Å²) in [6.45, 7) is 10.8. The second-order valence-electron chi connectivity index (χ2n) is 7.71. The van der Waals surface area contributed by atoms with Crippen LogP contribution < -0.4 is 10.6 Å². The third-order valence-electron chi connectivity index (χ3n) is 5.46. The van der Waals surface area contributed by atoms with Crippen molar-refractivity contribution in [2.75, 3.05) is 52.9 Å². The van der Waals surface area contributed by atoms with E-state index in [9.17, 15) is 0 Å². The van der Waals surface area contributed by atoms with E-state index in [1.54, 1.807) is 0 Å². The van der Waals surface area contributed by atoms with E-state index < -0.39 is 0 Å². The van der Waals surface area contributed by atoms with Crippen LogP contribution in [-0.4, -0.2) is 73.6 Å². The number of aliphatic imine (C=N–C) groups is 1. The average molecular weight is 557 g/mol. The first-order valence-corrected chi connectivity index (χ1v) is 11.9. The minimum atomic E-state index is 0. The third-order valence-corrected chi connectivity index (χ3v) is 6.66. The molecular formula is C23H37IN6S. The van der Waals surface area contributed by atoms with Crippen molar-refractivity contribution >= 4 is 41.3 Å². The molecule has 0 unspecified atom stereocenters. The molecule has 2 N–H and O–H groups in total. The Morgan fingerprint density at radius 1 is 1.06 bits per heavy atom. The van der Waals surface area contributed by atoms with Gasteiger partial charge in [0.2, 0.25) is 0 Å². The normalized spacial score (nSPS) is 15.5. The van der Waals surface area contributed by atoms with Gasteiger partial charge in [-0.15, -0.1) is 35.3 Å². The molecule has 1 aliphatic heterocycles. The molecule has 1 aromatic carbocycles. The summed E-state index contributed by atoms with van der Waals surface area (Å²) < 4.78 is 0. The number of aromatic nitrogens is 1. The molecule has 0 spiro atoms. The molecule has 0 aliphatic carbocycles. The highest BCUT2D eigenvalue weighted by Gasteiger charge is 2.16. The van der Waals surface area contributed by atoms with E-state index in [2.05, 4.69) is 67.7 Å². The van der Waals surface area contributed by atoms with E-state index in [1.165, 1.54) is 15.4 Å². The fraction of sp³-hybridized carbons (Fsp3) is 0.565. The number of piperazine rings is 1. The van der Waals surface area contributed by atoms with Crippen LogP contribution in [0.15, 0.2) is 41.5 Å². The van der Waals surface area contributed by atoms with Gasteiger partial charge in [-0.25, -0.2) is 4.98 Å².